The molecule has 0 radical (unpaired) electrons. The highest BCUT2D eigenvalue weighted by Crippen LogP contribution is 1.86. The molecule has 0 spiro atoms. The van der Waals surface area contributed by atoms with Crippen LogP contribution in [0.2, 0.25) is 0 Å². The van der Waals surface area contributed by atoms with E-state index in [2.05, 4.69) is 6.92 Å². The molecule has 80 valence electrons. The first-order chi connectivity index (χ1) is 6.31. The summed E-state index contributed by atoms with van der Waals surface area (Å²) in [6, 6.07) is -0.0246. The minimum Gasteiger partial charge on any atom is -0.382 e. The Morgan fingerprint density at radius 1 is 1.08 bits per heavy atom. The Balaban J connectivity index is 3.05. The van der Waals surface area contributed by atoms with Gasteiger partial charge in [0.15, 0.2) is 0 Å². The summed E-state index contributed by atoms with van der Waals surface area (Å²) in [6.07, 6.45) is 1.03. The second-order valence-corrected chi connectivity index (χ2v) is 2.90. The van der Waals surface area contributed by atoms with Gasteiger partial charge in [0.25, 0.3) is 0 Å². The van der Waals surface area contributed by atoms with Crippen molar-refractivity contribution in [3.8, 4) is 0 Å². The molecule has 0 bridgehead atoms. The zero-order valence-corrected chi connectivity index (χ0v) is 8.62. The minimum absolute atomic E-state index is 0.0246. The zero-order chi connectivity index (χ0) is 9.94. The van der Waals surface area contributed by atoms with Crippen LogP contribution < -0.4 is 5.73 Å². The van der Waals surface area contributed by atoms with Crippen molar-refractivity contribution in [3.05, 3.63) is 0 Å². The van der Waals surface area contributed by atoms with Crippen molar-refractivity contribution >= 4 is 0 Å². The molecule has 13 heavy (non-hydrogen) atoms. The van der Waals surface area contributed by atoms with E-state index in [1.807, 2.05) is 0 Å². The predicted molar refractivity (Wildman–Crippen MR) is 51.8 cm³/mol. The van der Waals surface area contributed by atoms with E-state index in [9.17, 15) is 0 Å². The Bertz CT molecular complexity index is 101. The molecule has 0 saturated carbocycles. The van der Waals surface area contributed by atoms with Crippen LogP contribution in [0.1, 0.15) is 13.3 Å². The highest BCUT2D eigenvalue weighted by atomic mass is 16.5. The van der Waals surface area contributed by atoms with Gasteiger partial charge in [0, 0.05) is 13.7 Å². The van der Waals surface area contributed by atoms with Gasteiger partial charge in [-0.25, -0.2) is 0 Å². The quantitative estimate of drug-likeness (QED) is 0.536. The normalized spacial score (nSPS) is 13.2. The van der Waals surface area contributed by atoms with Crippen molar-refractivity contribution < 1.29 is 14.2 Å². The highest BCUT2D eigenvalue weighted by molar-refractivity contribution is 4.57. The van der Waals surface area contributed by atoms with E-state index in [0.717, 1.165) is 13.0 Å². The van der Waals surface area contributed by atoms with E-state index in [4.69, 9.17) is 19.9 Å². The molecule has 0 aromatic rings. The number of methoxy groups -OCH3 is 1. The monoisotopic (exact) mass is 191 g/mol. The summed E-state index contributed by atoms with van der Waals surface area (Å²) in [7, 11) is 1.65. The molecule has 0 aliphatic carbocycles. The number of nitrogens with two attached hydrogens (primary N) is 1. The third-order valence-corrected chi connectivity index (χ3v) is 1.44. The highest BCUT2D eigenvalue weighted by Gasteiger charge is 2.01. The predicted octanol–water partition coefficient (Wildman–Crippen LogP) is 0.403. The average Bonchev–Trinajstić information content (AvgIpc) is 2.13. The number of ether oxygens (including phenoxy) is 3. The van der Waals surface area contributed by atoms with Crippen LogP contribution in [0.15, 0.2) is 0 Å². The Morgan fingerprint density at radius 3 is 2.23 bits per heavy atom. The van der Waals surface area contributed by atoms with Crippen molar-refractivity contribution in [1.82, 2.24) is 0 Å². The van der Waals surface area contributed by atoms with E-state index < -0.39 is 0 Å². The molecule has 0 aliphatic rings. The first-order valence-corrected chi connectivity index (χ1v) is 4.71. The first kappa shape index (κ1) is 12.8. The second kappa shape index (κ2) is 9.92. The summed E-state index contributed by atoms with van der Waals surface area (Å²) in [5, 5.41) is 0. The lowest BCUT2D eigenvalue weighted by molar-refractivity contribution is 0.0411. The van der Waals surface area contributed by atoms with Gasteiger partial charge in [-0.15, -0.1) is 0 Å². The summed E-state index contributed by atoms with van der Waals surface area (Å²) in [6.45, 7) is 5.15. The molecular weight excluding hydrogens is 170 g/mol. The Labute approximate surface area is 80.3 Å². The van der Waals surface area contributed by atoms with Gasteiger partial charge >= 0.3 is 0 Å². The number of hydrogen-bond donors (Lipinski definition) is 1. The third kappa shape index (κ3) is 9.76. The van der Waals surface area contributed by atoms with Crippen molar-refractivity contribution in [3.63, 3.8) is 0 Å². The van der Waals surface area contributed by atoms with Crippen molar-refractivity contribution in [2.75, 3.05) is 40.1 Å². The van der Waals surface area contributed by atoms with Gasteiger partial charge in [-0.3, -0.25) is 0 Å². The van der Waals surface area contributed by atoms with Gasteiger partial charge in [-0.1, -0.05) is 6.92 Å². The Kier molecular flexibility index (Phi) is 9.80. The maximum Gasteiger partial charge on any atom is 0.0701 e. The van der Waals surface area contributed by atoms with Crippen LogP contribution >= 0.6 is 0 Å². The van der Waals surface area contributed by atoms with Crippen LogP contribution in [0.25, 0.3) is 0 Å². The van der Waals surface area contributed by atoms with Crippen LogP contribution in [-0.2, 0) is 14.2 Å². The fourth-order valence-electron chi connectivity index (χ4n) is 0.804. The summed E-state index contributed by atoms with van der Waals surface area (Å²) in [4.78, 5) is 0. The molecule has 0 amide bonds. The lowest BCUT2D eigenvalue weighted by Gasteiger charge is -2.11. The number of rotatable bonds is 9. The molecule has 1 unspecified atom stereocenters. The smallest absolute Gasteiger partial charge is 0.0701 e. The molecule has 0 aliphatic heterocycles. The van der Waals surface area contributed by atoms with E-state index >= 15 is 0 Å². The zero-order valence-electron chi connectivity index (χ0n) is 8.62. The van der Waals surface area contributed by atoms with Gasteiger partial charge in [0.2, 0.25) is 0 Å². The molecule has 0 heterocycles. The lowest BCUT2D eigenvalue weighted by atomic mass is 10.3. The minimum atomic E-state index is -0.0246. The van der Waals surface area contributed by atoms with Crippen molar-refractivity contribution in [2.24, 2.45) is 5.73 Å². The van der Waals surface area contributed by atoms with Gasteiger partial charge in [0.05, 0.1) is 32.5 Å². The molecule has 0 aromatic carbocycles. The van der Waals surface area contributed by atoms with Crippen molar-refractivity contribution in [2.45, 2.75) is 19.4 Å². The molecule has 0 saturated heterocycles. The SMILES string of the molecule is CCCOCC(N)COCCOC. The maximum atomic E-state index is 5.71. The lowest BCUT2D eigenvalue weighted by Crippen LogP contribution is -2.32. The fraction of sp³-hybridized carbons (Fsp3) is 1.00. The molecule has 0 aromatic heterocycles. The van der Waals surface area contributed by atoms with Crippen LogP contribution in [0.5, 0.6) is 0 Å². The Hall–Kier alpha value is -0.160. The van der Waals surface area contributed by atoms with Crippen LogP contribution in [0.4, 0.5) is 0 Å². The van der Waals surface area contributed by atoms with E-state index in [-0.39, 0.29) is 6.04 Å². The fourth-order valence-corrected chi connectivity index (χ4v) is 0.804. The van der Waals surface area contributed by atoms with Gasteiger partial charge in [-0.2, -0.15) is 0 Å². The largest absolute Gasteiger partial charge is 0.382 e. The van der Waals surface area contributed by atoms with Gasteiger partial charge in [-0.05, 0) is 6.42 Å². The standard InChI is InChI=1S/C9H21NO3/c1-3-4-12-7-9(10)8-13-6-5-11-2/h9H,3-8,10H2,1-2H3. The summed E-state index contributed by atoms with van der Waals surface area (Å²) >= 11 is 0. The van der Waals surface area contributed by atoms with E-state index in [0.29, 0.717) is 26.4 Å². The van der Waals surface area contributed by atoms with E-state index in [1.165, 1.54) is 0 Å². The third-order valence-electron chi connectivity index (χ3n) is 1.44. The van der Waals surface area contributed by atoms with Crippen molar-refractivity contribution in [1.29, 1.82) is 0 Å². The molecule has 4 heteroatoms. The molecular formula is C9H21NO3. The summed E-state index contributed by atoms with van der Waals surface area (Å²) < 4.78 is 15.3. The molecule has 0 rings (SSSR count). The molecule has 1 atom stereocenters. The van der Waals surface area contributed by atoms with Gasteiger partial charge in [0.1, 0.15) is 0 Å². The first-order valence-electron chi connectivity index (χ1n) is 4.71. The molecule has 4 nitrogen and oxygen atoms in total. The Morgan fingerprint density at radius 2 is 1.69 bits per heavy atom. The van der Waals surface area contributed by atoms with Crippen LogP contribution in [0.3, 0.4) is 0 Å². The molecule has 2 N–H and O–H groups in total. The van der Waals surface area contributed by atoms with Crippen LogP contribution in [-0.4, -0.2) is 46.2 Å². The second-order valence-electron chi connectivity index (χ2n) is 2.90. The maximum absolute atomic E-state index is 5.71. The summed E-state index contributed by atoms with van der Waals surface area (Å²) in [5.41, 5.74) is 5.71. The van der Waals surface area contributed by atoms with E-state index in [1.54, 1.807) is 7.11 Å². The van der Waals surface area contributed by atoms with Crippen LogP contribution in [0, 0.1) is 0 Å². The summed E-state index contributed by atoms with van der Waals surface area (Å²) in [5.74, 6) is 0. The topological polar surface area (TPSA) is 53.7 Å². The average molecular weight is 191 g/mol. The van der Waals surface area contributed by atoms with Gasteiger partial charge < -0.3 is 19.9 Å². The number of hydrogen-bond acceptors (Lipinski definition) is 4. The molecule has 0 fully saturated rings.